The number of methoxy groups -OCH3 is 2. The van der Waals surface area contributed by atoms with E-state index in [1.54, 1.807) is 14.2 Å². The third kappa shape index (κ3) is 2.10. The molecular weight excluding hydrogens is 218 g/mol. The van der Waals surface area contributed by atoms with Crippen LogP contribution in [-0.2, 0) is 10.2 Å². The van der Waals surface area contributed by atoms with E-state index in [1.165, 1.54) is 0 Å². The predicted octanol–water partition coefficient (Wildman–Crippen LogP) is 1.32. The Labute approximate surface area is 102 Å². The van der Waals surface area contributed by atoms with E-state index in [2.05, 4.69) is 6.07 Å². The second-order valence-electron chi connectivity index (χ2n) is 4.38. The Morgan fingerprint density at radius 1 is 1.29 bits per heavy atom. The molecule has 1 saturated heterocycles. The molecule has 0 unspecified atom stereocenters. The van der Waals surface area contributed by atoms with Crippen LogP contribution in [0.4, 0.5) is 0 Å². The molecule has 1 aromatic carbocycles. The van der Waals surface area contributed by atoms with Crippen molar-refractivity contribution in [3.8, 4) is 11.5 Å². The average molecular weight is 237 g/mol. The Kier molecular flexibility index (Phi) is 3.54. The van der Waals surface area contributed by atoms with Crippen molar-refractivity contribution < 1.29 is 14.2 Å². The predicted molar refractivity (Wildman–Crippen MR) is 65.7 cm³/mol. The van der Waals surface area contributed by atoms with Gasteiger partial charge in [0, 0.05) is 17.0 Å². The van der Waals surface area contributed by atoms with Crippen molar-refractivity contribution in [3.05, 3.63) is 23.8 Å². The van der Waals surface area contributed by atoms with Crippen LogP contribution in [0.1, 0.15) is 12.0 Å². The minimum absolute atomic E-state index is 0.0202. The van der Waals surface area contributed by atoms with Gasteiger partial charge in [0.25, 0.3) is 0 Å². The topological polar surface area (TPSA) is 53.7 Å². The number of rotatable bonds is 5. The van der Waals surface area contributed by atoms with Gasteiger partial charge >= 0.3 is 0 Å². The van der Waals surface area contributed by atoms with Gasteiger partial charge in [0.1, 0.15) is 11.5 Å². The average Bonchev–Trinajstić information content (AvgIpc) is 2.33. The van der Waals surface area contributed by atoms with Crippen molar-refractivity contribution in [1.29, 1.82) is 0 Å². The smallest absolute Gasteiger partial charge is 0.126 e. The molecule has 94 valence electrons. The van der Waals surface area contributed by atoms with E-state index in [0.717, 1.165) is 23.5 Å². The van der Waals surface area contributed by atoms with Crippen LogP contribution >= 0.6 is 0 Å². The molecule has 4 heteroatoms. The van der Waals surface area contributed by atoms with E-state index in [1.807, 2.05) is 12.1 Å². The van der Waals surface area contributed by atoms with Crippen LogP contribution in [0.25, 0.3) is 0 Å². The second kappa shape index (κ2) is 4.94. The number of nitrogens with two attached hydrogens (primary N) is 1. The van der Waals surface area contributed by atoms with E-state index >= 15 is 0 Å². The first-order chi connectivity index (χ1) is 8.25. The first kappa shape index (κ1) is 12.2. The summed E-state index contributed by atoms with van der Waals surface area (Å²) in [6.07, 6.45) is 0.912. The Bertz CT molecular complexity index is 388. The van der Waals surface area contributed by atoms with Crippen molar-refractivity contribution in [1.82, 2.24) is 0 Å². The maximum absolute atomic E-state index is 5.69. The molecular formula is C13H19NO3. The molecule has 0 aromatic heterocycles. The number of ether oxygens (including phenoxy) is 3. The first-order valence-corrected chi connectivity index (χ1v) is 5.76. The molecule has 0 bridgehead atoms. The maximum Gasteiger partial charge on any atom is 0.126 e. The molecule has 0 aliphatic carbocycles. The molecule has 0 saturated carbocycles. The molecule has 1 fully saturated rings. The lowest BCUT2D eigenvalue weighted by molar-refractivity contribution is -0.0640. The monoisotopic (exact) mass is 237 g/mol. The third-order valence-corrected chi connectivity index (χ3v) is 3.36. The normalized spacial score (nSPS) is 17.4. The zero-order valence-corrected chi connectivity index (χ0v) is 10.4. The van der Waals surface area contributed by atoms with Gasteiger partial charge in [-0.15, -0.1) is 0 Å². The molecule has 0 atom stereocenters. The van der Waals surface area contributed by atoms with E-state index in [-0.39, 0.29) is 5.41 Å². The van der Waals surface area contributed by atoms with Crippen LogP contribution in [0.15, 0.2) is 18.2 Å². The minimum atomic E-state index is 0.0202. The van der Waals surface area contributed by atoms with Gasteiger partial charge in [0.15, 0.2) is 0 Å². The molecule has 2 rings (SSSR count). The van der Waals surface area contributed by atoms with Gasteiger partial charge in [-0.05, 0) is 19.0 Å². The number of benzene rings is 1. The molecule has 1 aliphatic heterocycles. The van der Waals surface area contributed by atoms with Crippen LogP contribution in [0.2, 0.25) is 0 Å². The Balaban J connectivity index is 2.36. The van der Waals surface area contributed by atoms with Gasteiger partial charge in [0.05, 0.1) is 27.4 Å². The largest absolute Gasteiger partial charge is 0.497 e. The molecule has 1 aromatic rings. The fourth-order valence-electron chi connectivity index (χ4n) is 2.30. The summed E-state index contributed by atoms with van der Waals surface area (Å²) in [4.78, 5) is 0. The number of hydrogen-bond donors (Lipinski definition) is 1. The molecule has 4 nitrogen and oxygen atoms in total. The van der Waals surface area contributed by atoms with E-state index < -0.39 is 0 Å². The second-order valence-corrected chi connectivity index (χ2v) is 4.38. The Hall–Kier alpha value is -1.26. The highest BCUT2D eigenvalue weighted by Crippen LogP contribution is 2.41. The Morgan fingerprint density at radius 2 is 2.06 bits per heavy atom. The zero-order chi connectivity index (χ0) is 12.3. The molecule has 0 spiro atoms. The quantitative estimate of drug-likeness (QED) is 0.839. The zero-order valence-electron chi connectivity index (χ0n) is 10.4. The van der Waals surface area contributed by atoms with Crippen LogP contribution in [0.3, 0.4) is 0 Å². The summed E-state index contributed by atoms with van der Waals surface area (Å²) in [5, 5.41) is 0. The standard InChI is InChI=1S/C13H19NO3/c1-15-10-3-4-11(12(7-10)16-2)13(5-6-14)8-17-9-13/h3-4,7H,5-6,8-9,14H2,1-2H3. The van der Waals surface area contributed by atoms with Crippen LogP contribution in [0, 0.1) is 0 Å². The summed E-state index contributed by atoms with van der Waals surface area (Å²) in [6, 6.07) is 5.91. The highest BCUT2D eigenvalue weighted by atomic mass is 16.5. The summed E-state index contributed by atoms with van der Waals surface area (Å²) in [6.45, 7) is 2.08. The summed E-state index contributed by atoms with van der Waals surface area (Å²) in [7, 11) is 3.32. The van der Waals surface area contributed by atoms with Crippen LogP contribution in [-0.4, -0.2) is 34.0 Å². The van der Waals surface area contributed by atoms with Gasteiger partial charge in [0.2, 0.25) is 0 Å². The van der Waals surface area contributed by atoms with Gasteiger partial charge < -0.3 is 19.9 Å². The van der Waals surface area contributed by atoms with E-state index in [4.69, 9.17) is 19.9 Å². The fourth-order valence-corrected chi connectivity index (χ4v) is 2.30. The van der Waals surface area contributed by atoms with Crippen molar-refractivity contribution in [2.75, 3.05) is 34.0 Å². The van der Waals surface area contributed by atoms with Crippen molar-refractivity contribution in [2.45, 2.75) is 11.8 Å². The first-order valence-electron chi connectivity index (χ1n) is 5.76. The summed E-state index contributed by atoms with van der Waals surface area (Å²) in [5.74, 6) is 1.65. The summed E-state index contributed by atoms with van der Waals surface area (Å²) >= 11 is 0. The lowest BCUT2D eigenvalue weighted by atomic mass is 9.75. The molecule has 1 heterocycles. The molecule has 1 aliphatic rings. The highest BCUT2D eigenvalue weighted by Gasteiger charge is 2.41. The van der Waals surface area contributed by atoms with E-state index in [9.17, 15) is 0 Å². The van der Waals surface area contributed by atoms with Gasteiger partial charge in [-0.1, -0.05) is 6.07 Å². The van der Waals surface area contributed by atoms with Gasteiger partial charge in [-0.2, -0.15) is 0 Å². The van der Waals surface area contributed by atoms with Crippen LogP contribution in [0.5, 0.6) is 11.5 Å². The van der Waals surface area contributed by atoms with Crippen molar-refractivity contribution in [3.63, 3.8) is 0 Å². The molecule has 2 N–H and O–H groups in total. The van der Waals surface area contributed by atoms with Crippen LogP contribution < -0.4 is 15.2 Å². The lowest BCUT2D eigenvalue weighted by Gasteiger charge is -2.42. The maximum atomic E-state index is 5.69. The highest BCUT2D eigenvalue weighted by molar-refractivity contribution is 5.46. The molecule has 0 amide bonds. The minimum Gasteiger partial charge on any atom is -0.497 e. The molecule has 17 heavy (non-hydrogen) atoms. The molecule has 0 radical (unpaired) electrons. The Morgan fingerprint density at radius 3 is 2.53 bits per heavy atom. The van der Waals surface area contributed by atoms with Gasteiger partial charge in [-0.25, -0.2) is 0 Å². The lowest BCUT2D eigenvalue weighted by Crippen LogP contribution is -2.48. The third-order valence-electron chi connectivity index (χ3n) is 3.36. The number of hydrogen-bond acceptors (Lipinski definition) is 4. The van der Waals surface area contributed by atoms with Crippen molar-refractivity contribution in [2.24, 2.45) is 5.73 Å². The van der Waals surface area contributed by atoms with Gasteiger partial charge in [-0.3, -0.25) is 0 Å². The summed E-state index contributed by atoms with van der Waals surface area (Å²) in [5.41, 5.74) is 6.87. The van der Waals surface area contributed by atoms with E-state index in [0.29, 0.717) is 19.8 Å². The fraction of sp³-hybridized carbons (Fsp3) is 0.538. The summed E-state index contributed by atoms with van der Waals surface area (Å²) < 4.78 is 16.0. The van der Waals surface area contributed by atoms with Crippen molar-refractivity contribution >= 4 is 0 Å². The SMILES string of the molecule is COc1ccc(C2(CCN)COC2)c(OC)c1.